The van der Waals surface area contributed by atoms with E-state index in [0.717, 1.165) is 39.1 Å². The van der Waals surface area contributed by atoms with Gasteiger partial charge in [-0.2, -0.15) is 0 Å². The van der Waals surface area contributed by atoms with Crippen LogP contribution in [-0.2, 0) is 9.53 Å². The average Bonchev–Trinajstić information content (AvgIpc) is 2.82. The maximum atomic E-state index is 11.7. The van der Waals surface area contributed by atoms with E-state index in [1.54, 1.807) is 0 Å². The summed E-state index contributed by atoms with van der Waals surface area (Å²) in [6.45, 7) is 0.956. The molecule has 0 unspecified atom stereocenters. The molecule has 2 aliphatic heterocycles. The Hall–Kier alpha value is -0.811. The van der Waals surface area contributed by atoms with Gasteiger partial charge in [-0.15, -0.1) is 0 Å². The Balaban J connectivity index is 2.04. The van der Waals surface area contributed by atoms with Crippen LogP contribution in [0.5, 0.6) is 0 Å². The molecule has 0 amide bonds. The van der Waals surface area contributed by atoms with Crippen LogP contribution in [0.15, 0.2) is 40.0 Å². The fourth-order valence-electron chi connectivity index (χ4n) is 3.00. The van der Waals surface area contributed by atoms with Crippen LogP contribution in [-0.4, -0.2) is 52.6 Å². The zero-order chi connectivity index (χ0) is 12.8. The van der Waals surface area contributed by atoms with Crippen molar-refractivity contribution in [3.63, 3.8) is 0 Å². The molecular weight excluding hydrogens is 333 g/mol. The molecule has 0 aliphatic carbocycles. The first-order chi connectivity index (χ1) is 8.62. The van der Waals surface area contributed by atoms with Crippen molar-refractivity contribution in [2.75, 3.05) is 13.6 Å². The number of carbonyl (C=O) groups is 1. The Bertz CT molecular complexity index is 514. The first-order valence-electron chi connectivity index (χ1n) is 6.09. The van der Waals surface area contributed by atoms with Gasteiger partial charge in [-0.1, -0.05) is 0 Å². The molecule has 3 nitrogen and oxygen atoms in total. The average molecular weight is 348 g/mol. The third-order valence-electron chi connectivity index (χ3n) is 3.79. The standard InChI is InChI=1S/C14H14NO2.Sn.H/c1-15-10-9-14(8-7-12(16)17-14)13(15)11-5-3-2-4-6-11;;/h2-6,8,13H,9-10H2,1H3;;/t13-,14-;;/m0../s1. The number of likely N-dealkylation sites (tertiary alicyclic amines) is 1. The van der Waals surface area contributed by atoms with E-state index >= 15 is 0 Å². The SMILES string of the molecule is CN1CC[C@@]2(C=[C]([SnH])C(=O)O2)[C@@H]1c1ccccc1. The summed E-state index contributed by atoms with van der Waals surface area (Å²) in [6, 6.07) is 10.5. The summed E-state index contributed by atoms with van der Waals surface area (Å²) in [5.41, 5.74) is 0.791. The molecule has 1 saturated heterocycles. The molecule has 0 saturated carbocycles. The molecule has 4 heteroatoms. The van der Waals surface area contributed by atoms with Gasteiger partial charge in [-0.05, 0) is 0 Å². The first-order valence-corrected chi connectivity index (χ1v) is 7.74. The molecule has 92 valence electrons. The molecule has 1 fully saturated rings. The minimum absolute atomic E-state index is 0.117. The van der Waals surface area contributed by atoms with Crippen molar-refractivity contribution < 1.29 is 9.53 Å². The van der Waals surface area contributed by atoms with Crippen LogP contribution in [0.2, 0.25) is 0 Å². The van der Waals surface area contributed by atoms with Crippen LogP contribution < -0.4 is 0 Å². The van der Waals surface area contributed by atoms with Gasteiger partial charge in [0.05, 0.1) is 0 Å². The minimum atomic E-state index is -0.429. The van der Waals surface area contributed by atoms with E-state index in [0.29, 0.717) is 0 Å². The molecule has 2 atom stereocenters. The van der Waals surface area contributed by atoms with Gasteiger partial charge >= 0.3 is 120 Å². The van der Waals surface area contributed by atoms with E-state index in [-0.39, 0.29) is 12.0 Å². The Morgan fingerprint density at radius 1 is 1.39 bits per heavy atom. The van der Waals surface area contributed by atoms with Crippen molar-refractivity contribution in [1.29, 1.82) is 0 Å². The van der Waals surface area contributed by atoms with Crippen molar-refractivity contribution in [3.8, 4) is 0 Å². The van der Waals surface area contributed by atoms with Gasteiger partial charge in [0.25, 0.3) is 0 Å². The molecule has 1 spiro atoms. The van der Waals surface area contributed by atoms with Crippen LogP contribution in [0.25, 0.3) is 0 Å². The van der Waals surface area contributed by atoms with E-state index in [1.807, 2.05) is 18.2 Å². The summed E-state index contributed by atoms with van der Waals surface area (Å²) in [7, 11) is 2.10. The number of hydrogen-bond acceptors (Lipinski definition) is 3. The molecule has 2 radical (unpaired) electrons. The summed E-state index contributed by atoms with van der Waals surface area (Å²) >= 11 is 0.828. The number of likely N-dealkylation sites (N-methyl/N-ethyl adjacent to an activating group) is 1. The quantitative estimate of drug-likeness (QED) is 0.563. The molecule has 0 bridgehead atoms. The molecule has 2 heterocycles. The number of benzene rings is 1. The third-order valence-corrected chi connectivity index (χ3v) is 4.94. The van der Waals surface area contributed by atoms with E-state index in [4.69, 9.17) is 4.74 Å². The molecule has 0 aromatic heterocycles. The molecule has 1 aromatic rings. The Morgan fingerprint density at radius 2 is 2.11 bits per heavy atom. The third kappa shape index (κ3) is 1.80. The van der Waals surface area contributed by atoms with Crippen molar-refractivity contribution >= 4 is 28.5 Å². The second kappa shape index (κ2) is 4.38. The Kier molecular flexibility index (Phi) is 2.98. The van der Waals surface area contributed by atoms with E-state index in [2.05, 4.69) is 30.2 Å². The van der Waals surface area contributed by atoms with E-state index in [1.165, 1.54) is 5.56 Å². The molecule has 2 aliphatic rings. The molecular formula is C14H15NO2Sn. The fraction of sp³-hybridized carbons (Fsp3) is 0.357. The van der Waals surface area contributed by atoms with E-state index in [9.17, 15) is 4.79 Å². The van der Waals surface area contributed by atoms with Crippen molar-refractivity contribution in [2.24, 2.45) is 0 Å². The van der Waals surface area contributed by atoms with E-state index < -0.39 is 5.60 Å². The zero-order valence-electron chi connectivity index (χ0n) is 10.3. The van der Waals surface area contributed by atoms with Gasteiger partial charge in [0, 0.05) is 0 Å². The van der Waals surface area contributed by atoms with Gasteiger partial charge in [0.15, 0.2) is 0 Å². The summed E-state index contributed by atoms with van der Waals surface area (Å²) in [5, 5.41) is 0. The number of nitrogens with zero attached hydrogens (tertiary/aromatic N) is 1. The fourth-order valence-corrected chi connectivity index (χ4v) is 3.98. The van der Waals surface area contributed by atoms with Crippen LogP contribution >= 0.6 is 0 Å². The second-order valence-corrected chi connectivity index (χ2v) is 6.76. The monoisotopic (exact) mass is 349 g/mol. The normalized spacial score (nSPS) is 31.8. The molecule has 1 aromatic carbocycles. The van der Waals surface area contributed by atoms with Gasteiger partial charge in [0.2, 0.25) is 0 Å². The number of rotatable bonds is 1. The molecule has 0 N–H and O–H groups in total. The number of hydrogen-bond donors (Lipinski definition) is 0. The predicted molar refractivity (Wildman–Crippen MR) is 70.5 cm³/mol. The van der Waals surface area contributed by atoms with Gasteiger partial charge < -0.3 is 0 Å². The molecule has 18 heavy (non-hydrogen) atoms. The number of carbonyl (C=O) groups excluding carboxylic acids is 1. The summed E-state index contributed by atoms with van der Waals surface area (Å²) in [5.74, 6) is -0.117. The van der Waals surface area contributed by atoms with Gasteiger partial charge in [0.1, 0.15) is 0 Å². The van der Waals surface area contributed by atoms with Crippen molar-refractivity contribution in [2.45, 2.75) is 18.1 Å². The van der Waals surface area contributed by atoms with Crippen molar-refractivity contribution in [1.82, 2.24) is 4.90 Å². The van der Waals surface area contributed by atoms with Crippen LogP contribution in [0.4, 0.5) is 0 Å². The van der Waals surface area contributed by atoms with Gasteiger partial charge in [-0.25, -0.2) is 0 Å². The van der Waals surface area contributed by atoms with Gasteiger partial charge in [-0.3, -0.25) is 0 Å². The number of ether oxygens (including phenoxy) is 1. The Labute approximate surface area is 120 Å². The summed E-state index contributed by atoms with van der Waals surface area (Å²) in [6.07, 6.45) is 2.96. The maximum absolute atomic E-state index is 11.7. The number of esters is 1. The summed E-state index contributed by atoms with van der Waals surface area (Å²) in [4.78, 5) is 14.0. The van der Waals surface area contributed by atoms with Crippen molar-refractivity contribution in [3.05, 3.63) is 45.6 Å². The van der Waals surface area contributed by atoms with Crippen LogP contribution in [0.1, 0.15) is 18.0 Å². The first kappa shape index (κ1) is 12.2. The Morgan fingerprint density at radius 3 is 2.72 bits per heavy atom. The second-order valence-electron chi connectivity index (χ2n) is 4.99. The summed E-state index contributed by atoms with van der Waals surface area (Å²) < 4.78 is 6.58. The topological polar surface area (TPSA) is 29.5 Å². The zero-order valence-corrected chi connectivity index (χ0v) is 13.6. The molecule has 3 rings (SSSR count). The predicted octanol–water partition coefficient (Wildman–Crippen LogP) is 1.14. The van der Waals surface area contributed by atoms with Crippen LogP contribution in [0.3, 0.4) is 0 Å². The van der Waals surface area contributed by atoms with Crippen LogP contribution in [0, 0.1) is 0 Å².